The molecule has 76 valence electrons. The minimum Gasteiger partial charge on any atom is -0.327 e. The fourth-order valence-corrected chi connectivity index (χ4v) is 0.677. The Morgan fingerprint density at radius 3 is 2.17 bits per heavy atom. The number of hydrogen-bond donors (Lipinski definition) is 3. The molecule has 1 rings (SSSR count). The van der Waals surface area contributed by atoms with Crippen LogP contribution in [-0.4, -0.2) is 30.0 Å². The minimum absolute atomic E-state index is 0. The average molecular weight is 178 g/mol. The van der Waals surface area contributed by atoms with Gasteiger partial charge in [0.1, 0.15) is 0 Å². The van der Waals surface area contributed by atoms with E-state index in [-0.39, 0.29) is 1.43 Å². The van der Waals surface area contributed by atoms with Crippen LogP contribution in [0.4, 0.5) is 0 Å². The molecule has 0 aromatic carbocycles. The molecule has 4 N–H and O–H groups in total. The third-order valence-electron chi connectivity index (χ3n) is 1.37. The summed E-state index contributed by atoms with van der Waals surface area (Å²) in [6.45, 7) is 7.44. The molecule has 1 saturated heterocycles. The third-order valence-corrected chi connectivity index (χ3v) is 1.37. The maximum Gasteiger partial charge on any atom is 0.0949 e. The maximum absolute atomic E-state index is 7.90. The van der Waals surface area contributed by atoms with E-state index in [0.717, 1.165) is 19.5 Å². The lowest BCUT2D eigenvalue weighted by Crippen LogP contribution is -2.21. The van der Waals surface area contributed by atoms with Gasteiger partial charge in [-0.25, -0.2) is 4.89 Å². The minimum atomic E-state index is -0.403. The highest BCUT2D eigenvalue weighted by molar-refractivity contribution is 4.72. The van der Waals surface area contributed by atoms with Crippen molar-refractivity contribution in [1.82, 2.24) is 5.32 Å². The average Bonchev–Trinajstić information content (AvgIpc) is 2.39. The van der Waals surface area contributed by atoms with Crippen LogP contribution in [0.25, 0.3) is 0 Å². The molecule has 4 heteroatoms. The van der Waals surface area contributed by atoms with Crippen molar-refractivity contribution in [1.29, 1.82) is 0 Å². The molecular weight excluding hydrogens is 156 g/mol. The molecule has 0 amide bonds. The molecule has 4 nitrogen and oxygen atoms in total. The molecule has 0 saturated carbocycles. The zero-order valence-electron chi connectivity index (χ0n) is 8.13. The van der Waals surface area contributed by atoms with E-state index >= 15 is 0 Å². The van der Waals surface area contributed by atoms with Gasteiger partial charge in [-0.05, 0) is 33.7 Å². The van der Waals surface area contributed by atoms with Gasteiger partial charge in [-0.3, -0.25) is 5.26 Å². The van der Waals surface area contributed by atoms with Gasteiger partial charge in [0.25, 0.3) is 0 Å². The fraction of sp³-hybridized carbons (Fsp3) is 1.00. The van der Waals surface area contributed by atoms with Gasteiger partial charge < -0.3 is 11.1 Å². The molecule has 1 aliphatic rings. The van der Waals surface area contributed by atoms with Crippen molar-refractivity contribution >= 4 is 0 Å². The molecule has 0 spiro atoms. The smallest absolute Gasteiger partial charge is 0.0949 e. The zero-order valence-corrected chi connectivity index (χ0v) is 8.13. The van der Waals surface area contributed by atoms with Crippen LogP contribution < -0.4 is 11.1 Å². The SMILES string of the molecule is CC(C)(C)OO.NC1CCNC1.[HH]. The molecule has 0 bridgehead atoms. The highest BCUT2D eigenvalue weighted by atomic mass is 17.1. The standard InChI is InChI=1S/C4H10N2.C4H10O2.H2/c5-4-1-2-6-3-4;1-4(2,3)6-5;/h4,6H,1-3,5H2;5H,1-3H3;1H. The summed E-state index contributed by atoms with van der Waals surface area (Å²) in [5.74, 6) is 0. The first-order valence-electron chi connectivity index (χ1n) is 4.24. The second kappa shape index (κ2) is 5.48. The molecule has 1 aliphatic heterocycles. The Bertz CT molecular complexity index is 111. The first-order chi connectivity index (χ1) is 5.45. The Labute approximate surface area is 75.5 Å². The number of nitrogens with one attached hydrogen (secondary N) is 1. The van der Waals surface area contributed by atoms with Gasteiger partial charge in [0.15, 0.2) is 0 Å². The second-order valence-electron chi connectivity index (χ2n) is 3.96. The molecule has 0 aliphatic carbocycles. The van der Waals surface area contributed by atoms with Crippen LogP contribution in [-0.2, 0) is 4.89 Å². The van der Waals surface area contributed by atoms with Crippen LogP contribution in [0.1, 0.15) is 28.6 Å². The van der Waals surface area contributed by atoms with E-state index in [1.165, 1.54) is 0 Å². The lowest BCUT2D eigenvalue weighted by molar-refractivity contribution is -0.306. The van der Waals surface area contributed by atoms with Crippen LogP contribution in [0.5, 0.6) is 0 Å². The Morgan fingerprint density at radius 1 is 1.58 bits per heavy atom. The molecule has 12 heavy (non-hydrogen) atoms. The summed E-state index contributed by atoms with van der Waals surface area (Å²) in [5, 5.41) is 11.0. The van der Waals surface area contributed by atoms with Gasteiger partial charge in [-0.15, -0.1) is 0 Å². The summed E-state index contributed by atoms with van der Waals surface area (Å²) in [6.07, 6.45) is 1.15. The van der Waals surface area contributed by atoms with Crippen molar-refractivity contribution in [3.8, 4) is 0 Å². The molecule has 1 atom stereocenters. The van der Waals surface area contributed by atoms with Crippen molar-refractivity contribution in [3.63, 3.8) is 0 Å². The Kier molecular flexibility index (Phi) is 5.41. The lowest BCUT2D eigenvalue weighted by Gasteiger charge is -2.10. The van der Waals surface area contributed by atoms with Crippen molar-refractivity contribution in [2.75, 3.05) is 13.1 Å². The maximum atomic E-state index is 7.90. The van der Waals surface area contributed by atoms with E-state index in [9.17, 15) is 0 Å². The number of rotatable bonds is 0. The Hall–Kier alpha value is -0.160. The van der Waals surface area contributed by atoms with Crippen molar-refractivity contribution in [2.45, 2.75) is 38.8 Å². The predicted molar refractivity (Wildman–Crippen MR) is 51.0 cm³/mol. The summed E-state index contributed by atoms with van der Waals surface area (Å²) in [4.78, 5) is 3.94. The summed E-state index contributed by atoms with van der Waals surface area (Å²) in [5.41, 5.74) is 5.07. The normalized spacial score (nSPS) is 23.2. The van der Waals surface area contributed by atoms with E-state index in [1.807, 2.05) is 0 Å². The van der Waals surface area contributed by atoms with Crippen LogP contribution in [0, 0.1) is 0 Å². The summed E-state index contributed by atoms with van der Waals surface area (Å²) < 4.78 is 0. The van der Waals surface area contributed by atoms with Crippen LogP contribution in [0.15, 0.2) is 0 Å². The summed E-state index contributed by atoms with van der Waals surface area (Å²) >= 11 is 0. The molecule has 1 heterocycles. The zero-order chi connectivity index (χ0) is 9.61. The Morgan fingerprint density at radius 2 is 2.08 bits per heavy atom. The topological polar surface area (TPSA) is 67.5 Å². The fourth-order valence-electron chi connectivity index (χ4n) is 0.677. The molecular formula is C8H22N2O2. The van der Waals surface area contributed by atoms with E-state index in [1.54, 1.807) is 20.8 Å². The first kappa shape index (κ1) is 11.8. The van der Waals surface area contributed by atoms with Gasteiger partial charge in [-0.1, -0.05) is 0 Å². The molecule has 0 aromatic heterocycles. The first-order valence-corrected chi connectivity index (χ1v) is 4.24. The molecule has 0 radical (unpaired) electrons. The molecule has 1 fully saturated rings. The van der Waals surface area contributed by atoms with Gasteiger partial charge in [0.05, 0.1) is 5.60 Å². The van der Waals surface area contributed by atoms with Gasteiger partial charge >= 0.3 is 0 Å². The summed E-state index contributed by atoms with van der Waals surface area (Å²) in [6, 6.07) is 0.435. The van der Waals surface area contributed by atoms with E-state index < -0.39 is 5.60 Å². The monoisotopic (exact) mass is 178 g/mol. The van der Waals surface area contributed by atoms with E-state index in [4.69, 9.17) is 11.0 Å². The van der Waals surface area contributed by atoms with Crippen molar-refractivity contribution < 1.29 is 11.6 Å². The molecule has 0 aromatic rings. The third kappa shape index (κ3) is 7.94. The predicted octanol–water partition coefficient (Wildman–Crippen LogP) is 0.827. The lowest BCUT2D eigenvalue weighted by atomic mass is 10.2. The quantitative estimate of drug-likeness (QED) is 0.379. The molecule has 1 unspecified atom stereocenters. The van der Waals surface area contributed by atoms with E-state index in [2.05, 4.69) is 10.2 Å². The van der Waals surface area contributed by atoms with E-state index in [0.29, 0.717) is 6.04 Å². The highest BCUT2D eigenvalue weighted by Crippen LogP contribution is 2.01. The van der Waals surface area contributed by atoms with Crippen LogP contribution >= 0.6 is 0 Å². The van der Waals surface area contributed by atoms with Crippen LogP contribution in [0.2, 0.25) is 0 Å². The second-order valence-corrected chi connectivity index (χ2v) is 3.96. The van der Waals surface area contributed by atoms with Gasteiger partial charge in [0.2, 0.25) is 0 Å². The summed E-state index contributed by atoms with van der Waals surface area (Å²) in [7, 11) is 0. The van der Waals surface area contributed by atoms with Gasteiger partial charge in [-0.2, -0.15) is 0 Å². The van der Waals surface area contributed by atoms with Crippen molar-refractivity contribution in [3.05, 3.63) is 0 Å². The van der Waals surface area contributed by atoms with Gasteiger partial charge in [0, 0.05) is 14.0 Å². The number of nitrogens with two attached hydrogens (primary N) is 1. The van der Waals surface area contributed by atoms with Crippen LogP contribution in [0.3, 0.4) is 0 Å². The Balaban J connectivity index is 0. The number of hydrogen-bond acceptors (Lipinski definition) is 4. The van der Waals surface area contributed by atoms with Crippen molar-refractivity contribution in [2.24, 2.45) is 5.73 Å². The highest BCUT2D eigenvalue weighted by Gasteiger charge is 2.07. The largest absolute Gasteiger partial charge is 0.327 e.